The SMILES string of the molecule is C=C[C@@H]1C[C@]1(NC(=O)[C@@H]1C[C@@H](Oc2cc(-c3cccc(C(C)C)n3)nc3c(Cl)c(OCCOC)ccc23)[C@H]2CC[C@H](C(C)C)C(=O)N21)C(=O)NS(=O)(=O)C1CC1. The molecule has 300 valence electrons. The van der Waals surface area contributed by atoms with Gasteiger partial charge in [-0.1, -0.05) is 51.4 Å². The zero-order chi connectivity index (χ0) is 40.1. The van der Waals surface area contributed by atoms with Gasteiger partial charge < -0.3 is 24.4 Å². The minimum atomic E-state index is -3.87. The molecule has 6 atom stereocenters. The number of nitrogens with zero attached hydrogens (tertiary/aromatic N) is 3. The van der Waals surface area contributed by atoms with Crippen LogP contribution < -0.4 is 19.5 Å². The molecule has 2 aromatic heterocycles. The number of pyridine rings is 2. The van der Waals surface area contributed by atoms with Crippen LogP contribution in [0.2, 0.25) is 5.02 Å². The number of aromatic nitrogens is 2. The van der Waals surface area contributed by atoms with Crippen LogP contribution >= 0.6 is 11.6 Å². The van der Waals surface area contributed by atoms with Crippen molar-refractivity contribution in [1.82, 2.24) is 24.9 Å². The fraction of sp³-hybridized carbons (Fsp3) is 0.537. The lowest BCUT2D eigenvalue weighted by Crippen LogP contribution is -2.59. The molecule has 56 heavy (non-hydrogen) atoms. The predicted octanol–water partition coefficient (Wildman–Crippen LogP) is 5.55. The number of hydrogen-bond acceptors (Lipinski definition) is 10. The predicted molar refractivity (Wildman–Crippen MR) is 212 cm³/mol. The first-order chi connectivity index (χ1) is 26.7. The molecule has 0 bridgehead atoms. The number of piperidine rings is 1. The summed E-state index contributed by atoms with van der Waals surface area (Å²) in [7, 11) is -2.28. The Morgan fingerprint density at radius 1 is 1.05 bits per heavy atom. The van der Waals surface area contributed by atoms with Crippen LogP contribution in [0.15, 0.2) is 49.1 Å². The van der Waals surface area contributed by atoms with Crippen molar-refractivity contribution >= 4 is 50.2 Å². The maximum Gasteiger partial charge on any atom is 0.259 e. The molecule has 0 unspecified atom stereocenters. The van der Waals surface area contributed by atoms with E-state index in [1.165, 1.54) is 0 Å². The van der Waals surface area contributed by atoms with Crippen molar-refractivity contribution in [3.63, 3.8) is 0 Å². The molecule has 1 aromatic carbocycles. The number of hydrogen-bond donors (Lipinski definition) is 2. The second kappa shape index (κ2) is 15.6. The van der Waals surface area contributed by atoms with Crippen LogP contribution in [0.3, 0.4) is 0 Å². The van der Waals surface area contributed by atoms with E-state index in [0.717, 1.165) is 5.69 Å². The number of carbonyl (C=O) groups excluding carboxylic acids is 3. The summed E-state index contributed by atoms with van der Waals surface area (Å²) in [4.78, 5) is 53.7. The lowest BCUT2D eigenvalue weighted by molar-refractivity contribution is -0.149. The number of nitrogens with one attached hydrogen (secondary N) is 2. The number of amides is 3. The number of halogens is 1. The molecule has 2 N–H and O–H groups in total. The number of methoxy groups -OCH3 is 1. The van der Waals surface area contributed by atoms with Crippen molar-refractivity contribution < 1.29 is 37.0 Å². The van der Waals surface area contributed by atoms with Gasteiger partial charge in [-0.05, 0) is 68.2 Å². The highest BCUT2D eigenvalue weighted by Crippen LogP contribution is 2.47. The average molecular weight is 808 g/mol. The topological polar surface area (TPSA) is 166 Å². The number of ether oxygens (including phenoxy) is 3. The van der Waals surface area contributed by atoms with Gasteiger partial charge >= 0.3 is 0 Å². The maximum atomic E-state index is 14.4. The van der Waals surface area contributed by atoms with Gasteiger partial charge in [0.1, 0.15) is 40.8 Å². The fourth-order valence-corrected chi connectivity index (χ4v) is 9.69. The standard InChI is InChI=1S/C41H50ClN5O8S/c1-7-24-21-41(24,40(50)46-56(51,52)25-11-12-25)45-38(48)32-20-35(31-15-13-26(22(2)3)39(49)47(31)32)55-34-19-30(29-10-8-9-28(43-29)23(4)5)44-37-27(34)14-16-33(36(37)42)54-18-17-53-6/h7-10,14,16,19,22-26,31-32,35H,1,11-13,15,17-18,20-21H2,2-6H3,(H,45,48)(H,46,50)/t24-,26-,31-,32+,35-,41-/m1/s1. The van der Waals surface area contributed by atoms with Gasteiger partial charge in [0.2, 0.25) is 21.8 Å². The molecule has 7 rings (SSSR count). The summed E-state index contributed by atoms with van der Waals surface area (Å²) in [5, 5.41) is 3.17. The molecular formula is C41H50ClN5O8S. The van der Waals surface area contributed by atoms with E-state index in [1.54, 1.807) is 24.2 Å². The van der Waals surface area contributed by atoms with Crippen LogP contribution in [0.25, 0.3) is 22.3 Å². The Labute approximate surface area is 332 Å². The molecule has 0 radical (unpaired) electrons. The van der Waals surface area contributed by atoms with E-state index in [2.05, 4.69) is 30.5 Å². The highest BCUT2D eigenvalue weighted by atomic mass is 35.5. The van der Waals surface area contributed by atoms with Crippen molar-refractivity contribution in [2.24, 2.45) is 17.8 Å². The second-order valence-electron chi connectivity index (χ2n) is 16.1. The minimum absolute atomic E-state index is 0.0358. The monoisotopic (exact) mass is 807 g/mol. The summed E-state index contributed by atoms with van der Waals surface area (Å²) in [6.45, 7) is 12.6. The molecule has 2 saturated carbocycles. The zero-order valence-corrected chi connectivity index (χ0v) is 34.0. The molecule has 13 nitrogen and oxygen atoms in total. The molecule has 15 heteroatoms. The Morgan fingerprint density at radius 3 is 2.48 bits per heavy atom. The summed E-state index contributed by atoms with van der Waals surface area (Å²) in [5.74, 6) is -1.16. The van der Waals surface area contributed by atoms with Crippen molar-refractivity contribution in [1.29, 1.82) is 0 Å². The van der Waals surface area contributed by atoms with Gasteiger partial charge in [-0.2, -0.15) is 0 Å². The van der Waals surface area contributed by atoms with Crippen molar-refractivity contribution in [2.45, 2.75) is 101 Å². The third-order valence-corrected chi connectivity index (χ3v) is 13.8. The zero-order valence-electron chi connectivity index (χ0n) is 32.4. The van der Waals surface area contributed by atoms with Crippen LogP contribution in [0, 0.1) is 17.8 Å². The molecule has 2 aliphatic carbocycles. The van der Waals surface area contributed by atoms with Gasteiger partial charge in [-0.15, -0.1) is 6.58 Å². The molecule has 4 aliphatic rings. The first-order valence-corrected chi connectivity index (χ1v) is 21.3. The third kappa shape index (κ3) is 7.59. The lowest BCUT2D eigenvalue weighted by atomic mass is 9.84. The summed E-state index contributed by atoms with van der Waals surface area (Å²) in [6, 6.07) is 9.72. The highest BCUT2D eigenvalue weighted by Gasteiger charge is 2.62. The third-order valence-electron chi connectivity index (χ3n) is 11.6. The van der Waals surface area contributed by atoms with Crippen LogP contribution in [0.1, 0.15) is 77.8 Å². The van der Waals surface area contributed by atoms with E-state index in [4.69, 9.17) is 35.8 Å². The van der Waals surface area contributed by atoms with Crippen LogP contribution in [-0.2, 0) is 29.1 Å². The highest BCUT2D eigenvalue weighted by molar-refractivity contribution is 7.91. The maximum absolute atomic E-state index is 14.4. The fourth-order valence-electron chi connectivity index (χ4n) is 8.07. The second-order valence-corrected chi connectivity index (χ2v) is 18.4. The quantitative estimate of drug-likeness (QED) is 0.147. The summed E-state index contributed by atoms with van der Waals surface area (Å²) in [5.41, 5.74) is 0.984. The van der Waals surface area contributed by atoms with Gasteiger partial charge in [-0.25, -0.2) is 13.4 Å². The Hall–Kier alpha value is -4.27. The molecule has 2 saturated heterocycles. The Kier molecular flexibility index (Phi) is 11.1. The van der Waals surface area contributed by atoms with Gasteiger partial charge in [0, 0.05) is 42.5 Å². The van der Waals surface area contributed by atoms with Gasteiger partial charge in [0.15, 0.2) is 0 Å². The summed E-state index contributed by atoms with van der Waals surface area (Å²) in [6.07, 6.45) is 3.44. The minimum Gasteiger partial charge on any atom is -0.490 e. The van der Waals surface area contributed by atoms with Gasteiger partial charge in [0.05, 0.1) is 34.8 Å². The van der Waals surface area contributed by atoms with Gasteiger partial charge in [0.25, 0.3) is 5.91 Å². The van der Waals surface area contributed by atoms with E-state index >= 15 is 0 Å². The average Bonchev–Trinajstić information content (AvgIpc) is 4.10. The molecule has 4 heterocycles. The molecule has 2 aliphatic heterocycles. The summed E-state index contributed by atoms with van der Waals surface area (Å²) >= 11 is 6.98. The number of rotatable bonds is 15. The van der Waals surface area contributed by atoms with Crippen LogP contribution in [0.5, 0.6) is 11.5 Å². The van der Waals surface area contributed by atoms with E-state index in [9.17, 15) is 22.8 Å². The number of fused-ring (bicyclic) bond motifs is 2. The largest absolute Gasteiger partial charge is 0.490 e. The number of carbonyl (C=O) groups is 3. The van der Waals surface area contributed by atoms with Crippen molar-refractivity contribution in [2.75, 3.05) is 20.3 Å². The van der Waals surface area contributed by atoms with E-state index in [1.807, 2.05) is 44.2 Å². The normalized spacial score (nSPS) is 26.0. The number of sulfonamides is 1. The molecular weight excluding hydrogens is 758 g/mol. The van der Waals surface area contributed by atoms with E-state index in [-0.39, 0.29) is 48.1 Å². The smallest absolute Gasteiger partial charge is 0.259 e. The van der Waals surface area contributed by atoms with Crippen molar-refractivity contribution in [3.8, 4) is 22.9 Å². The van der Waals surface area contributed by atoms with Gasteiger partial charge in [-0.3, -0.25) is 24.1 Å². The van der Waals surface area contributed by atoms with Crippen LogP contribution in [-0.4, -0.2) is 90.3 Å². The Morgan fingerprint density at radius 2 is 1.82 bits per heavy atom. The summed E-state index contributed by atoms with van der Waals surface area (Å²) < 4.78 is 45.7. The molecule has 3 amide bonds. The van der Waals surface area contributed by atoms with Crippen molar-refractivity contribution in [3.05, 3.63) is 59.8 Å². The Bertz CT molecular complexity index is 2160. The van der Waals surface area contributed by atoms with E-state index in [0.29, 0.717) is 66.1 Å². The number of benzene rings is 1. The first kappa shape index (κ1) is 39.9. The Balaban J connectivity index is 1.24. The molecule has 0 spiro atoms. The first-order valence-electron chi connectivity index (χ1n) is 19.4. The lowest BCUT2D eigenvalue weighted by Gasteiger charge is -2.40. The van der Waals surface area contributed by atoms with E-state index < -0.39 is 56.7 Å². The van der Waals surface area contributed by atoms with Crippen LogP contribution in [0.4, 0.5) is 0 Å². The molecule has 4 fully saturated rings. The molecule has 3 aromatic rings.